The summed E-state index contributed by atoms with van der Waals surface area (Å²) in [5.74, 6) is 0.945. The maximum absolute atomic E-state index is 12.5. The normalized spacial score (nSPS) is 14.7. The van der Waals surface area contributed by atoms with E-state index < -0.39 is 0 Å². The van der Waals surface area contributed by atoms with Crippen LogP contribution in [-0.4, -0.2) is 66.5 Å². The van der Waals surface area contributed by atoms with Gasteiger partial charge in [-0.05, 0) is 38.1 Å². The molecular weight excluding hydrogens is 358 g/mol. The highest BCUT2D eigenvalue weighted by Crippen LogP contribution is 2.25. The fourth-order valence-corrected chi connectivity index (χ4v) is 2.83. The zero-order chi connectivity index (χ0) is 19.8. The number of anilines is 2. The van der Waals surface area contributed by atoms with Gasteiger partial charge in [0.25, 0.3) is 5.91 Å². The quantitative estimate of drug-likeness (QED) is 0.720. The van der Waals surface area contributed by atoms with Gasteiger partial charge < -0.3 is 20.1 Å². The Hall–Kier alpha value is -2.71. The van der Waals surface area contributed by atoms with Crippen LogP contribution >= 0.6 is 0 Å². The number of para-hydroxylation sites is 2. The van der Waals surface area contributed by atoms with Gasteiger partial charge in [0.1, 0.15) is 11.6 Å². The van der Waals surface area contributed by atoms with E-state index in [0.29, 0.717) is 17.3 Å². The summed E-state index contributed by atoms with van der Waals surface area (Å²) in [6.07, 6.45) is 0.0145. The molecule has 1 saturated heterocycles. The van der Waals surface area contributed by atoms with Gasteiger partial charge in [0.15, 0.2) is 5.69 Å². The molecule has 1 aliphatic heterocycles. The van der Waals surface area contributed by atoms with Crippen molar-refractivity contribution in [3.05, 3.63) is 42.1 Å². The maximum atomic E-state index is 12.5. The van der Waals surface area contributed by atoms with Crippen LogP contribution in [-0.2, 0) is 4.74 Å². The third-order valence-corrected chi connectivity index (χ3v) is 4.23. The van der Waals surface area contributed by atoms with Crippen molar-refractivity contribution in [3.8, 4) is 5.75 Å². The maximum Gasteiger partial charge on any atom is 0.276 e. The van der Waals surface area contributed by atoms with E-state index in [1.165, 1.54) is 0 Å². The Morgan fingerprint density at radius 2 is 1.96 bits per heavy atom. The number of nitrogens with zero attached hydrogens (tertiary/aromatic N) is 3. The van der Waals surface area contributed by atoms with Gasteiger partial charge in [-0.2, -0.15) is 0 Å². The molecule has 1 aliphatic rings. The molecule has 0 aliphatic carbocycles. The lowest BCUT2D eigenvalue weighted by Crippen LogP contribution is -2.39. The van der Waals surface area contributed by atoms with Crippen LogP contribution in [0.5, 0.6) is 5.75 Å². The lowest BCUT2D eigenvalue weighted by molar-refractivity contribution is 0.0398. The average Bonchev–Trinajstić information content (AvgIpc) is 2.70. The highest BCUT2D eigenvalue weighted by Gasteiger charge is 2.13. The molecule has 8 nitrogen and oxygen atoms in total. The summed E-state index contributed by atoms with van der Waals surface area (Å²) >= 11 is 0. The standard InChI is InChI=1S/C20H27N5O3/c1-15(2)28-18-6-4-3-5-16(18)22-20(26)17-7-8-19(24-23-17)21-9-10-25-11-13-27-14-12-25/h3-8,15H,9-14H2,1-2H3,(H,21,24)(H,22,26). The minimum absolute atomic E-state index is 0.0145. The van der Waals surface area contributed by atoms with Crippen LogP contribution in [0.1, 0.15) is 24.3 Å². The predicted octanol–water partition coefficient (Wildman–Crippen LogP) is 2.26. The Labute approximate surface area is 165 Å². The van der Waals surface area contributed by atoms with Crippen molar-refractivity contribution in [1.29, 1.82) is 0 Å². The predicted molar refractivity (Wildman–Crippen MR) is 108 cm³/mol. The number of carbonyl (C=O) groups excluding carboxylic acids is 1. The van der Waals surface area contributed by atoms with E-state index in [-0.39, 0.29) is 17.7 Å². The van der Waals surface area contributed by atoms with Crippen molar-refractivity contribution in [2.45, 2.75) is 20.0 Å². The average molecular weight is 385 g/mol. The molecule has 28 heavy (non-hydrogen) atoms. The number of nitrogens with one attached hydrogen (secondary N) is 2. The second-order valence-corrected chi connectivity index (χ2v) is 6.80. The van der Waals surface area contributed by atoms with Crippen molar-refractivity contribution in [2.24, 2.45) is 0 Å². The fraction of sp³-hybridized carbons (Fsp3) is 0.450. The lowest BCUT2D eigenvalue weighted by atomic mass is 10.2. The zero-order valence-corrected chi connectivity index (χ0v) is 16.4. The van der Waals surface area contributed by atoms with Gasteiger partial charge in [0.05, 0.1) is 25.0 Å². The largest absolute Gasteiger partial charge is 0.489 e. The number of morpholine rings is 1. The first-order chi connectivity index (χ1) is 13.6. The van der Waals surface area contributed by atoms with Gasteiger partial charge in [-0.1, -0.05) is 12.1 Å². The van der Waals surface area contributed by atoms with E-state index in [1.807, 2.05) is 32.0 Å². The molecule has 1 amide bonds. The molecule has 150 valence electrons. The number of amides is 1. The zero-order valence-electron chi connectivity index (χ0n) is 16.4. The second kappa shape index (κ2) is 10.0. The van der Waals surface area contributed by atoms with E-state index >= 15 is 0 Å². The molecule has 1 fully saturated rings. The van der Waals surface area contributed by atoms with Gasteiger partial charge >= 0.3 is 0 Å². The minimum atomic E-state index is -0.327. The molecule has 0 saturated carbocycles. The highest BCUT2D eigenvalue weighted by molar-refractivity contribution is 6.03. The molecule has 0 radical (unpaired) electrons. The summed E-state index contributed by atoms with van der Waals surface area (Å²) in [5.41, 5.74) is 0.855. The van der Waals surface area contributed by atoms with Gasteiger partial charge in [0, 0.05) is 26.2 Å². The molecule has 2 N–H and O–H groups in total. The molecule has 0 atom stereocenters. The Balaban J connectivity index is 1.52. The van der Waals surface area contributed by atoms with Crippen molar-refractivity contribution >= 4 is 17.4 Å². The van der Waals surface area contributed by atoms with Crippen molar-refractivity contribution < 1.29 is 14.3 Å². The summed E-state index contributed by atoms with van der Waals surface area (Å²) in [7, 11) is 0. The van der Waals surface area contributed by atoms with Crippen molar-refractivity contribution in [1.82, 2.24) is 15.1 Å². The summed E-state index contributed by atoms with van der Waals surface area (Å²) in [5, 5.41) is 14.2. The minimum Gasteiger partial charge on any atom is -0.489 e. The number of carbonyl (C=O) groups is 1. The lowest BCUT2D eigenvalue weighted by Gasteiger charge is -2.26. The molecule has 2 heterocycles. The summed E-state index contributed by atoms with van der Waals surface area (Å²) in [6, 6.07) is 10.7. The van der Waals surface area contributed by atoms with Crippen LogP contribution in [0.25, 0.3) is 0 Å². The Kier molecular flexibility index (Phi) is 7.16. The number of rotatable bonds is 8. The first-order valence-corrected chi connectivity index (χ1v) is 9.56. The third kappa shape index (κ3) is 5.90. The number of hydrogen-bond acceptors (Lipinski definition) is 7. The van der Waals surface area contributed by atoms with Crippen LogP contribution in [0.3, 0.4) is 0 Å². The Morgan fingerprint density at radius 3 is 2.68 bits per heavy atom. The van der Waals surface area contributed by atoms with E-state index in [2.05, 4.69) is 25.7 Å². The van der Waals surface area contributed by atoms with Gasteiger partial charge in [-0.15, -0.1) is 10.2 Å². The monoisotopic (exact) mass is 385 g/mol. The van der Waals surface area contributed by atoms with Gasteiger partial charge in [-0.3, -0.25) is 9.69 Å². The number of benzene rings is 1. The fourth-order valence-electron chi connectivity index (χ4n) is 2.83. The molecule has 0 bridgehead atoms. The molecule has 1 aromatic carbocycles. The van der Waals surface area contributed by atoms with E-state index in [1.54, 1.807) is 18.2 Å². The smallest absolute Gasteiger partial charge is 0.276 e. The first-order valence-electron chi connectivity index (χ1n) is 9.56. The molecule has 0 unspecified atom stereocenters. The van der Waals surface area contributed by atoms with Crippen molar-refractivity contribution in [2.75, 3.05) is 50.0 Å². The number of ether oxygens (including phenoxy) is 2. The molecule has 0 spiro atoms. The van der Waals surface area contributed by atoms with Crippen LogP contribution in [0.2, 0.25) is 0 Å². The van der Waals surface area contributed by atoms with E-state index in [9.17, 15) is 4.79 Å². The molecule has 1 aromatic heterocycles. The van der Waals surface area contributed by atoms with E-state index in [0.717, 1.165) is 39.4 Å². The van der Waals surface area contributed by atoms with Crippen LogP contribution in [0.15, 0.2) is 36.4 Å². The van der Waals surface area contributed by atoms with Gasteiger partial charge in [-0.25, -0.2) is 0 Å². The molecule has 8 heteroatoms. The van der Waals surface area contributed by atoms with E-state index in [4.69, 9.17) is 9.47 Å². The van der Waals surface area contributed by atoms with Gasteiger partial charge in [0.2, 0.25) is 0 Å². The first kappa shape index (κ1) is 20.0. The summed E-state index contributed by atoms with van der Waals surface area (Å²) in [4.78, 5) is 14.8. The van der Waals surface area contributed by atoms with Crippen molar-refractivity contribution in [3.63, 3.8) is 0 Å². The molecular formula is C20H27N5O3. The highest BCUT2D eigenvalue weighted by atomic mass is 16.5. The number of hydrogen-bond donors (Lipinski definition) is 2. The Morgan fingerprint density at radius 1 is 1.18 bits per heavy atom. The second-order valence-electron chi connectivity index (χ2n) is 6.80. The van der Waals surface area contributed by atoms with Crippen LogP contribution in [0, 0.1) is 0 Å². The SMILES string of the molecule is CC(C)Oc1ccccc1NC(=O)c1ccc(NCCN2CCOCC2)nn1. The summed E-state index contributed by atoms with van der Waals surface area (Å²) < 4.78 is 11.1. The Bertz CT molecular complexity index is 761. The van der Waals surface area contributed by atoms with Crippen LogP contribution in [0.4, 0.5) is 11.5 Å². The third-order valence-electron chi connectivity index (χ3n) is 4.23. The topological polar surface area (TPSA) is 88.6 Å². The molecule has 3 rings (SSSR count). The summed E-state index contributed by atoms with van der Waals surface area (Å²) in [6.45, 7) is 9.04. The molecule has 2 aromatic rings. The number of aromatic nitrogens is 2. The van der Waals surface area contributed by atoms with Crippen LogP contribution < -0.4 is 15.4 Å².